The van der Waals surface area contributed by atoms with E-state index in [0.29, 0.717) is 43.3 Å². The molecule has 1 saturated heterocycles. The molecule has 2 aromatic rings. The third-order valence-electron chi connectivity index (χ3n) is 5.50. The molecule has 1 fully saturated rings. The second-order valence-electron chi connectivity index (χ2n) is 8.79. The number of Topliss-reactive ketones (excluding diaryl/α,β-unsaturated/α-hetero) is 1. The molecule has 0 radical (unpaired) electrons. The van der Waals surface area contributed by atoms with E-state index in [-0.39, 0.29) is 17.2 Å². The molecule has 5 nitrogen and oxygen atoms in total. The summed E-state index contributed by atoms with van der Waals surface area (Å²) in [6.45, 7) is 13.5. The summed E-state index contributed by atoms with van der Waals surface area (Å²) in [6.07, 6.45) is 0. The van der Waals surface area contributed by atoms with Crippen molar-refractivity contribution >= 4 is 23.3 Å². The molecule has 0 bridgehead atoms. The molecule has 0 unspecified atom stereocenters. The van der Waals surface area contributed by atoms with Gasteiger partial charge in [-0.2, -0.15) is 0 Å². The molecule has 0 N–H and O–H groups in total. The zero-order valence-electron chi connectivity index (χ0n) is 18.0. The van der Waals surface area contributed by atoms with E-state index >= 15 is 0 Å². The first-order chi connectivity index (χ1) is 13.6. The van der Waals surface area contributed by atoms with Crippen molar-refractivity contribution in [3.8, 4) is 0 Å². The van der Waals surface area contributed by atoms with E-state index in [1.165, 1.54) is 0 Å². The van der Waals surface area contributed by atoms with Crippen LogP contribution in [0.1, 0.15) is 52.9 Å². The first-order valence-corrected chi connectivity index (χ1v) is 10.5. The predicted octanol–water partition coefficient (Wildman–Crippen LogP) is 4.15. The Labute approximate surface area is 178 Å². The summed E-state index contributed by atoms with van der Waals surface area (Å²) in [5.74, 6) is 0.135. The number of benzene rings is 1. The molecule has 1 aromatic carbocycles. The molecule has 1 aliphatic heterocycles. The SMILES string of the molecule is Cc1cc(C(=O)CN2CCN(C(=O)c3cccc(Cl)c3)CC2)c(C)n1C(C)(C)C. The first kappa shape index (κ1) is 21.6. The fraction of sp³-hybridized carbons (Fsp3) is 0.478. The highest BCUT2D eigenvalue weighted by Gasteiger charge is 2.26. The number of carbonyl (C=O) groups excluding carboxylic acids is 2. The maximum atomic E-state index is 13.0. The van der Waals surface area contributed by atoms with Crippen molar-refractivity contribution in [2.75, 3.05) is 32.7 Å². The van der Waals surface area contributed by atoms with Gasteiger partial charge in [-0.25, -0.2) is 0 Å². The van der Waals surface area contributed by atoms with Crippen LogP contribution in [0.4, 0.5) is 0 Å². The van der Waals surface area contributed by atoms with Gasteiger partial charge in [0.1, 0.15) is 0 Å². The molecule has 0 aliphatic carbocycles. The van der Waals surface area contributed by atoms with Crippen LogP contribution >= 0.6 is 11.6 Å². The Bertz CT molecular complexity index is 919. The minimum absolute atomic E-state index is 0.00722. The van der Waals surface area contributed by atoms with Crippen LogP contribution in [0.3, 0.4) is 0 Å². The van der Waals surface area contributed by atoms with Gasteiger partial charge in [0.2, 0.25) is 0 Å². The molecule has 2 heterocycles. The van der Waals surface area contributed by atoms with Crippen molar-refractivity contribution < 1.29 is 9.59 Å². The lowest BCUT2D eigenvalue weighted by Gasteiger charge is -2.34. The van der Waals surface area contributed by atoms with Crippen molar-refractivity contribution in [2.24, 2.45) is 0 Å². The third kappa shape index (κ3) is 4.73. The second kappa shape index (κ2) is 8.33. The summed E-state index contributed by atoms with van der Waals surface area (Å²) >= 11 is 6.00. The molecule has 3 rings (SSSR count). The predicted molar refractivity (Wildman–Crippen MR) is 117 cm³/mol. The van der Waals surface area contributed by atoms with Crippen LogP contribution in [0.5, 0.6) is 0 Å². The number of aryl methyl sites for hydroxylation is 1. The quantitative estimate of drug-likeness (QED) is 0.704. The summed E-state index contributed by atoms with van der Waals surface area (Å²) in [5, 5.41) is 0.563. The maximum Gasteiger partial charge on any atom is 0.253 e. The largest absolute Gasteiger partial charge is 0.343 e. The van der Waals surface area contributed by atoms with Crippen LogP contribution in [0.15, 0.2) is 30.3 Å². The van der Waals surface area contributed by atoms with Gasteiger partial charge >= 0.3 is 0 Å². The molecule has 1 amide bonds. The molecule has 156 valence electrons. The maximum absolute atomic E-state index is 13.0. The topological polar surface area (TPSA) is 45.6 Å². The minimum atomic E-state index is -0.0565. The smallest absolute Gasteiger partial charge is 0.253 e. The van der Waals surface area contributed by atoms with Gasteiger partial charge in [0, 0.05) is 59.3 Å². The van der Waals surface area contributed by atoms with Crippen molar-refractivity contribution in [3.63, 3.8) is 0 Å². The molecule has 1 aliphatic rings. The summed E-state index contributed by atoms with van der Waals surface area (Å²) in [6, 6.07) is 9.04. The van der Waals surface area contributed by atoms with Crippen molar-refractivity contribution in [3.05, 3.63) is 57.9 Å². The fourth-order valence-electron chi connectivity index (χ4n) is 4.28. The number of nitrogens with zero attached hydrogens (tertiary/aromatic N) is 3. The minimum Gasteiger partial charge on any atom is -0.343 e. The summed E-state index contributed by atoms with van der Waals surface area (Å²) in [4.78, 5) is 29.6. The van der Waals surface area contributed by atoms with Gasteiger partial charge in [-0.1, -0.05) is 17.7 Å². The second-order valence-corrected chi connectivity index (χ2v) is 9.23. The Kier molecular flexibility index (Phi) is 6.20. The Morgan fingerprint density at radius 2 is 1.69 bits per heavy atom. The van der Waals surface area contributed by atoms with E-state index < -0.39 is 0 Å². The van der Waals surface area contributed by atoms with Gasteiger partial charge in [-0.15, -0.1) is 0 Å². The highest BCUT2D eigenvalue weighted by Crippen LogP contribution is 2.25. The molecule has 0 spiro atoms. The van der Waals surface area contributed by atoms with E-state index in [2.05, 4.69) is 37.2 Å². The Balaban J connectivity index is 1.61. The van der Waals surface area contributed by atoms with Gasteiger partial charge in [0.05, 0.1) is 6.54 Å². The molecular weight excluding hydrogens is 386 g/mol. The lowest BCUT2D eigenvalue weighted by Crippen LogP contribution is -2.49. The van der Waals surface area contributed by atoms with Gasteiger partial charge in [-0.3, -0.25) is 14.5 Å². The van der Waals surface area contributed by atoms with E-state index in [4.69, 9.17) is 11.6 Å². The Hall–Kier alpha value is -2.11. The average Bonchev–Trinajstić information content (AvgIpc) is 2.96. The standard InChI is InChI=1S/C23H30ClN3O2/c1-16-13-20(17(2)27(16)23(3,4)5)21(28)15-25-9-11-26(12-10-25)22(29)18-7-6-8-19(24)14-18/h6-8,13-14H,9-12,15H2,1-5H3. The van der Waals surface area contributed by atoms with Crippen molar-refractivity contribution in [1.29, 1.82) is 0 Å². The highest BCUT2D eigenvalue weighted by atomic mass is 35.5. The zero-order chi connectivity index (χ0) is 21.3. The number of ketones is 1. The number of piperazine rings is 1. The van der Waals surface area contributed by atoms with E-state index in [9.17, 15) is 9.59 Å². The number of carbonyl (C=O) groups is 2. The molecule has 0 saturated carbocycles. The summed E-state index contributed by atoms with van der Waals surface area (Å²) in [5.41, 5.74) is 3.48. The normalized spacial score (nSPS) is 15.6. The Morgan fingerprint density at radius 3 is 2.24 bits per heavy atom. The van der Waals surface area contributed by atoms with Crippen LogP contribution in [0, 0.1) is 13.8 Å². The van der Waals surface area contributed by atoms with Crippen molar-refractivity contribution in [1.82, 2.24) is 14.4 Å². The first-order valence-electron chi connectivity index (χ1n) is 10.1. The molecule has 1 aromatic heterocycles. The van der Waals surface area contributed by atoms with E-state index in [0.717, 1.165) is 17.0 Å². The van der Waals surface area contributed by atoms with Crippen LogP contribution in [-0.4, -0.2) is 58.8 Å². The molecular formula is C23H30ClN3O2. The van der Waals surface area contributed by atoms with Crippen LogP contribution < -0.4 is 0 Å². The fourth-order valence-corrected chi connectivity index (χ4v) is 4.47. The highest BCUT2D eigenvalue weighted by molar-refractivity contribution is 6.30. The third-order valence-corrected chi connectivity index (χ3v) is 5.74. The monoisotopic (exact) mass is 415 g/mol. The van der Waals surface area contributed by atoms with Gasteiger partial charge in [-0.05, 0) is 58.9 Å². The van der Waals surface area contributed by atoms with E-state index in [1.807, 2.05) is 17.9 Å². The zero-order valence-corrected chi connectivity index (χ0v) is 18.7. The van der Waals surface area contributed by atoms with Crippen LogP contribution in [0.25, 0.3) is 0 Å². The van der Waals surface area contributed by atoms with Gasteiger partial charge in [0.25, 0.3) is 5.91 Å². The number of rotatable bonds is 4. The van der Waals surface area contributed by atoms with Crippen LogP contribution in [-0.2, 0) is 5.54 Å². The number of hydrogen-bond acceptors (Lipinski definition) is 3. The Morgan fingerprint density at radius 1 is 1.03 bits per heavy atom. The van der Waals surface area contributed by atoms with Gasteiger partial charge in [0.15, 0.2) is 5.78 Å². The van der Waals surface area contributed by atoms with Crippen molar-refractivity contribution in [2.45, 2.75) is 40.2 Å². The van der Waals surface area contributed by atoms with E-state index in [1.54, 1.807) is 24.3 Å². The molecule has 6 heteroatoms. The number of hydrogen-bond donors (Lipinski definition) is 0. The lowest BCUT2D eigenvalue weighted by atomic mass is 10.1. The average molecular weight is 416 g/mol. The molecule has 29 heavy (non-hydrogen) atoms. The molecule has 0 atom stereocenters. The van der Waals surface area contributed by atoms with Crippen LogP contribution in [0.2, 0.25) is 5.02 Å². The number of halogens is 1. The summed E-state index contributed by atoms with van der Waals surface area (Å²) < 4.78 is 2.22. The van der Waals surface area contributed by atoms with Gasteiger partial charge < -0.3 is 9.47 Å². The lowest BCUT2D eigenvalue weighted by molar-refractivity contribution is 0.0624. The number of amides is 1. The summed E-state index contributed by atoms with van der Waals surface area (Å²) in [7, 11) is 0. The number of aromatic nitrogens is 1.